The van der Waals surface area contributed by atoms with Crippen LogP contribution in [0.2, 0.25) is 0 Å². The second-order valence-electron chi connectivity index (χ2n) is 6.81. The van der Waals surface area contributed by atoms with E-state index in [-0.39, 0.29) is 25.6 Å². The average Bonchev–Trinajstić information content (AvgIpc) is 3.39. The second kappa shape index (κ2) is 9.77. The average molecular weight is 450 g/mol. The van der Waals surface area contributed by atoms with E-state index >= 15 is 0 Å². The number of pyridine rings is 1. The molecule has 164 valence electrons. The standard InChI is InChI=1S/C19H20FN7O3.ClH/c20-16-8-13(26-10-14(11-28)30-19(26)29)3-4-15(16)12-2-5-17(22-9-12)18-23-25-27(24-18)7-1-6-21;/h2-5,8-9,14,28H,1,6-7,10-11,21H2;1H/t14-;/m1./s1. The summed E-state index contributed by atoms with van der Waals surface area (Å²) in [5, 5.41) is 21.4. The van der Waals surface area contributed by atoms with E-state index in [0.717, 1.165) is 13.0 Å². The molecule has 12 heteroatoms. The van der Waals surface area contributed by atoms with Crippen LogP contribution in [-0.2, 0) is 11.3 Å². The quantitative estimate of drug-likeness (QED) is 0.407. The number of aliphatic hydroxyl groups is 1. The number of benzene rings is 1. The summed E-state index contributed by atoms with van der Waals surface area (Å²) >= 11 is 0. The van der Waals surface area contributed by atoms with E-state index in [1.807, 2.05) is 0 Å². The van der Waals surface area contributed by atoms with Gasteiger partial charge in [0.15, 0.2) is 0 Å². The molecule has 10 nitrogen and oxygen atoms in total. The van der Waals surface area contributed by atoms with Gasteiger partial charge in [0.1, 0.15) is 17.6 Å². The molecule has 1 atom stereocenters. The van der Waals surface area contributed by atoms with E-state index in [2.05, 4.69) is 26.1 Å². The van der Waals surface area contributed by atoms with Gasteiger partial charge in [-0.2, -0.15) is 4.80 Å². The van der Waals surface area contributed by atoms with Crippen molar-refractivity contribution in [3.05, 3.63) is 42.3 Å². The van der Waals surface area contributed by atoms with Gasteiger partial charge in [0.05, 0.1) is 31.9 Å². The molecule has 4 rings (SSSR count). The topological polar surface area (TPSA) is 134 Å². The third-order valence-electron chi connectivity index (χ3n) is 4.71. The van der Waals surface area contributed by atoms with Crippen molar-refractivity contribution in [1.82, 2.24) is 25.2 Å². The lowest BCUT2D eigenvalue weighted by molar-refractivity contribution is -0.368. The van der Waals surface area contributed by atoms with E-state index < -0.39 is 18.0 Å². The van der Waals surface area contributed by atoms with Crippen molar-refractivity contribution < 1.29 is 37.2 Å². The van der Waals surface area contributed by atoms with Gasteiger partial charge in [0, 0.05) is 23.7 Å². The fourth-order valence-electron chi connectivity index (χ4n) is 3.11. The molecule has 1 aliphatic rings. The molecule has 4 N–H and O–H groups in total. The third kappa shape index (κ3) is 4.79. The molecule has 3 aromatic rings. The minimum absolute atomic E-state index is 0. The number of aliphatic hydroxyl groups excluding tert-OH is 1. The van der Waals surface area contributed by atoms with E-state index in [4.69, 9.17) is 9.84 Å². The summed E-state index contributed by atoms with van der Waals surface area (Å²) in [4.78, 5) is 19.0. The van der Waals surface area contributed by atoms with Crippen molar-refractivity contribution >= 4 is 11.8 Å². The van der Waals surface area contributed by atoms with Crippen molar-refractivity contribution in [3.63, 3.8) is 0 Å². The Balaban J connectivity index is 0.00000272. The number of rotatable bonds is 7. The summed E-state index contributed by atoms with van der Waals surface area (Å²) < 4.78 is 19.7. The molecule has 31 heavy (non-hydrogen) atoms. The molecule has 2 aromatic heterocycles. The van der Waals surface area contributed by atoms with E-state index in [1.54, 1.807) is 24.3 Å². The van der Waals surface area contributed by atoms with Crippen molar-refractivity contribution in [2.75, 3.05) is 24.6 Å². The van der Waals surface area contributed by atoms with E-state index in [9.17, 15) is 9.18 Å². The van der Waals surface area contributed by atoms with Crippen LogP contribution in [-0.4, -0.2) is 62.2 Å². The zero-order chi connectivity index (χ0) is 21.1. The first-order chi connectivity index (χ1) is 14.6. The van der Waals surface area contributed by atoms with Gasteiger partial charge in [-0.25, -0.2) is 9.18 Å². The predicted octanol–water partition coefficient (Wildman–Crippen LogP) is -2.51. The van der Waals surface area contributed by atoms with Crippen LogP contribution in [0.25, 0.3) is 22.6 Å². The summed E-state index contributed by atoms with van der Waals surface area (Å²) in [6.07, 6.45) is 1.17. The number of ether oxygens (including phenoxy) is 1. The van der Waals surface area contributed by atoms with Gasteiger partial charge in [0.25, 0.3) is 0 Å². The Kier molecular flexibility index (Phi) is 7.10. The van der Waals surface area contributed by atoms with Gasteiger partial charge >= 0.3 is 6.09 Å². The molecular weight excluding hydrogens is 429 g/mol. The zero-order valence-electron chi connectivity index (χ0n) is 16.5. The van der Waals surface area contributed by atoms with Crippen LogP contribution in [0.5, 0.6) is 0 Å². The highest BCUT2D eigenvalue weighted by molar-refractivity contribution is 5.90. The first-order valence-corrected chi connectivity index (χ1v) is 9.51. The first-order valence-electron chi connectivity index (χ1n) is 9.51. The molecule has 1 saturated heterocycles. The summed E-state index contributed by atoms with van der Waals surface area (Å²) in [5.41, 5.74) is 5.60. The monoisotopic (exact) mass is 449 g/mol. The minimum atomic E-state index is -0.609. The lowest BCUT2D eigenvalue weighted by Gasteiger charge is -2.14. The van der Waals surface area contributed by atoms with Crippen LogP contribution >= 0.6 is 0 Å². The summed E-state index contributed by atoms with van der Waals surface area (Å²) in [5.74, 6) is -0.105. The minimum Gasteiger partial charge on any atom is -1.00 e. The molecule has 3 heterocycles. The Morgan fingerprint density at radius 2 is 2.13 bits per heavy atom. The molecule has 1 fully saturated rings. The number of cyclic esters (lactones) is 1. The number of hydrogen-bond donors (Lipinski definition) is 2. The number of nitrogens with zero attached hydrogens (tertiary/aromatic N) is 6. The Labute approximate surface area is 183 Å². The molecule has 0 saturated carbocycles. The molecular formula is C19H21ClFN7O3. The number of hydrogen-bond acceptors (Lipinski definition) is 7. The molecule has 0 unspecified atom stereocenters. The second-order valence-corrected chi connectivity index (χ2v) is 6.81. The fraction of sp³-hybridized carbons (Fsp3) is 0.316. The van der Waals surface area contributed by atoms with Crippen LogP contribution in [0.4, 0.5) is 14.9 Å². The number of halogens is 2. The number of carbonyl (C=O) groups excluding carboxylic acids is 1. The Bertz CT molecular complexity index is 1050. The number of aryl methyl sites for hydroxylation is 1. The molecule has 1 aromatic carbocycles. The van der Waals surface area contributed by atoms with E-state index in [0.29, 0.717) is 34.9 Å². The lowest BCUT2D eigenvalue weighted by atomic mass is 10.1. The van der Waals surface area contributed by atoms with Gasteiger partial charge in [-0.3, -0.25) is 9.88 Å². The van der Waals surface area contributed by atoms with Gasteiger partial charge in [-0.1, -0.05) is 6.07 Å². The number of carbonyl (C=O) groups is 1. The first kappa shape index (κ1) is 22.5. The third-order valence-corrected chi connectivity index (χ3v) is 4.71. The van der Waals surface area contributed by atoms with Gasteiger partial charge in [-0.15, -0.1) is 10.2 Å². The molecule has 1 aliphatic heterocycles. The van der Waals surface area contributed by atoms with E-state index in [1.165, 1.54) is 22.0 Å². The van der Waals surface area contributed by atoms with Crippen molar-refractivity contribution in [2.45, 2.75) is 19.1 Å². The van der Waals surface area contributed by atoms with Crippen molar-refractivity contribution in [2.24, 2.45) is 0 Å². The highest BCUT2D eigenvalue weighted by atomic mass is 35.5. The number of quaternary nitrogens is 1. The SMILES string of the molecule is [Cl-].[NH3+]CCCn1nnc(-c2ccc(-c3ccc(N4C[C@H](CO)OC4=O)cc3F)cn2)n1. The highest BCUT2D eigenvalue weighted by Gasteiger charge is 2.32. The van der Waals surface area contributed by atoms with Gasteiger partial charge in [0.2, 0.25) is 5.82 Å². The van der Waals surface area contributed by atoms with Crippen molar-refractivity contribution in [3.8, 4) is 22.6 Å². The predicted molar refractivity (Wildman–Crippen MR) is 104 cm³/mol. The zero-order valence-corrected chi connectivity index (χ0v) is 17.2. The van der Waals surface area contributed by atoms with Gasteiger partial charge < -0.3 is 28.0 Å². The number of anilines is 1. The number of amides is 1. The Morgan fingerprint density at radius 1 is 1.29 bits per heavy atom. The highest BCUT2D eigenvalue weighted by Crippen LogP contribution is 2.29. The normalized spacial score (nSPS) is 15.6. The summed E-state index contributed by atoms with van der Waals surface area (Å²) in [6.45, 7) is 1.32. The van der Waals surface area contributed by atoms with Crippen LogP contribution in [0.15, 0.2) is 36.5 Å². The molecule has 0 bridgehead atoms. The largest absolute Gasteiger partial charge is 1.00 e. The van der Waals surface area contributed by atoms with Gasteiger partial charge in [-0.05, 0) is 29.5 Å². The maximum atomic E-state index is 14.7. The maximum Gasteiger partial charge on any atom is 0.414 e. The Hall–Kier alpha value is -3.15. The molecule has 1 amide bonds. The van der Waals surface area contributed by atoms with Crippen LogP contribution < -0.4 is 23.0 Å². The van der Waals surface area contributed by atoms with Crippen LogP contribution in [0, 0.1) is 5.82 Å². The molecule has 0 aliphatic carbocycles. The number of tetrazole rings is 1. The lowest BCUT2D eigenvalue weighted by Crippen LogP contribution is -3.00. The van der Waals surface area contributed by atoms with Crippen molar-refractivity contribution in [1.29, 1.82) is 0 Å². The molecule has 0 spiro atoms. The maximum absolute atomic E-state index is 14.7. The van der Waals surface area contributed by atoms with Crippen LogP contribution in [0.1, 0.15) is 6.42 Å². The smallest absolute Gasteiger partial charge is 0.414 e. The fourth-order valence-corrected chi connectivity index (χ4v) is 3.11. The molecule has 0 radical (unpaired) electrons. The summed E-state index contributed by atoms with van der Waals surface area (Å²) in [7, 11) is 0. The number of aromatic nitrogens is 5. The Morgan fingerprint density at radius 3 is 2.77 bits per heavy atom. The van der Waals surface area contributed by atoms with Crippen LogP contribution in [0.3, 0.4) is 0 Å². The summed E-state index contributed by atoms with van der Waals surface area (Å²) in [6, 6.07) is 7.90.